The fourth-order valence-electron chi connectivity index (χ4n) is 2.88. The van der Waals surface area contributed by atoms with Crippen LogP contribution in [0, 0.1) is 0 Å². The number of halogens is 4. The van der Waals surface area contributed by atoms with Gasteiger partial charge in [0.2, 0.25) is 0 Å². The maximum atomic E-state index is 12.2. The number of carbonyl (C=O) groups excluding carboxylic acids is 1. The fraction of sp³-hybridized carbons (Fsp3) is 0.333. The Balaban J connectivity index is 0.00000243. The zero-order chi connectivity index (χ0) is 17.6. The number of benzene rings is 1. The molecule has 3 N–H and O–H groups in total. The molecular weight excluding hydrogens is 444 g/mol. The third-order valence-electron chi connectivity index (χ3n) is 4.30. The predicted octanol–water partition coefficient (Wildman–Crippen LogP) is 3.13. The highest BCUT2D eigenvalue weighted by Crippen LogP contribution is 2.19. The van der Waals surface area contributed by atoms with E-state index < -0.39 is 0 Å². The van der Waals surface area contributed by atoms with Gasteiger partial charge in [-0.2, -0.15) is 0 Å². The van der Waals surface area contributed by atoms with Gasteiger partial charge >= 0.3 is 0 Å². The van der Waals surface area contributed by atoms with E-state index >= 15 is 0 Å². The van der Waals surface area contributed by atoms with Crippen LogP contribution >= 0.6 is 48.8 Å². The lowest BCUT2D eigenvalue weighted by Crippen LogP contribution is -2.48. The smallest absolute Gasteiger partial charge is 0.252 e. The third kappa shape index (κ3) is 7.18. The molecule has 10 heteroatoms. The number of piperazine rings is 1. The summed E-state index contributed by atoms with van der Waals surface area (Å²) < 4.78 is 0. The molecule has 1 aliphatic rings. The van der Waals surface area contributed by atoms with Crippen LogP contribution in [0.5, 0.6) is 0 Å². The molecule has 0 bridgehead atoms. The van der Waals surface area contributed by atoms with Crippen molar-refractivity contribution in [3.63, 3.8) is 0 Å². The molecule has 28 heavy (non-hydrogen) atoms. The van der Waals surface area contributed by atoms with Crippen LogP contribution in [0.15, 0.2) is 42.6 Å². The lowest BCUT2D eigenvalue weighted by molar-refractivity contribution is 0.0948. The van der Waals surface area contributed by atoms with Crippen LogP contribution in [0.3, 0.4) is 0 Å². The Labute approximate surface area is 189 Å². The summed E-state index contributed by atoms with van der Waals surface area (Å²) in [5.74, 6) is 0.852. The van der Waals surface area contributed by atoms with Gasteiger partial charge in [-0.25, -0.2) is 4.98 Å². The van der Waals surface area contributed by atoms with Gasteiger partial charge in [-0.3, -0.25) is 9.69 Å². The quantitative estimate of drug-likeness (QED) is 0.659. The summed E-state index contributed by atoms with van der Waals surface area (Å²) in [6.45, 7) is 5.19. The zero-order valence-electron chi connectivity index (χ0n) is 15.2. The third-order valence-corrected chi connectivity index (χ3v) is 4.61. The summed E-state index contributed by atoms with van der Waals surface area (Å²) in [5.41, 5.74) is 6.65. The standard InChI is InChI=1S/C18H22ClN5O.3ClH/c19-16-13-14(20)4-5-15(16)18(25)22-7-8-23-9-11-24(12-10-23)17-3-1-2-6-21-17;;;/h1-6,13H,7-12,20H2,(H,22,25);3*1H. The van der Waals surface area contributed by atoms with Crippen LogP contribution in [-0.4, -0.2) is 55.1 Å². The molecule has 1 aromatic carbocycles. The minimum atomic E-state index is -0.169. The van der Waals surface area contributed by atoms with Crippen LogP contribution in [0.2, 0.25) is 5.02 Å². The minimum absolute atomic E-state index is 0. The summed E-state index contributed by atoms with van der Waals surface area (Å²) in [7, 11) is 0. The Morgan fingerprint density at radius 2 is 1.82 bits per heavy atom. The minimum Gasteiger partial charge on any atom is -0.399 e. The summed E-state index contributed by atoms with van der Waals surface area (Å²) in [5, 5.41) is 3.29. The van der Waals surface area contributed by atoms with Gasteiger partial charge in [0.25, 0.3) is 5.91 Å². The van der Waals surface area contributed by atoms with Gasteiger partial charge in [-0.15, -0.1) is 37.2 Å². The maximum absolute atomic E-state index is 12.2. The molecule has 0 aliphatic carbocycles. The van der Waals surface area contributed by atoms with Gasteiger partial charge in [-0.05, 0) is 30.3 Å². The molecule has 0 radical (unpaired) electrons. The molecule has 1 fully saturated rings. The van der Waals surface area contributed by atoms with Crippen molar-refractivity contribution in [1.29, 1.82) is 0 Å². The van der Waals surface area contributed by atoms with E-state index in [1.165, 1.54) is 0 Å². The Morgan fingerprint density at radius 3 is 2.43 bits per heavy atom. The summed E-state index contributed by atoms with van der Waals surface area (Å²) >= 11 is 6.06. The second-order valence-corrected chi connectivity index (χ2v) is 6.42. The van der Waals surface area contributed by atoms with Crippen LogP contribution in [0.4, 0.5) is 11.5 Å². The molecule has 6 nitrogen and oxygen atoms in total. The van der Waals surface area contributed by atoms with E-state index in [2.05, 4.69) is 20.1 Å². The van der Waals surface area contributed by atoms with E-state index in [-0.39, 0.29) is 43.1 Å². The van der Waals surface area contributed by atoms with Gasteiger partial charge in [0.05, 0.1) is 10.6 Å². The van der Waals surface area contributed by atoms with Gasteiger partial charge in [0.15, 0.2) is 0 Å². The lowest BCUT2D eigenvalue weighted by atomic mass is 10.2. The number of amides is 1. The largest absolute Gasteiger partial charge is 0.399 e. The molecule has 1 amide bonds. The van der Waals surface area contributed by atoms with Crippen LogP contribution in [-0.2, 0) is 0 Å². The van der Waals surface area contributed by atoms with E-state index in [0.717, 1.165) is 38.5 Å². The number of pyridine rings is 1. The van der Waals surface area contributed by atoms with E-state index in [0.29, 0.717) is 22.8 Å². The van der Waals surface area contributed by atoms with Crippen LogP contribution in [0.25, 0.3) is 0 Å². The van der Waals surface area contributed by atoms with Crippen molar-refractivity contribution in [2.24, 2.45) is 0 Å². The van der Waals surface area contributed by atoms with E-state index in [1.807, 2.05) is 24.4 Å². The Hall–Kier alpha value is -1.44. The summed E-state index contributed by atoms with van der Waals surface area (Å²) in [6.07, 6.45) is 1.82. The second kappa shape index (κ2) is 12.9. The molecule has 0 unspecified atom stereocenters. The van der Waals surface area contributed by atoms with Crippen molar-refractivity contribution >= 4 is 66.2 Å². The van der Waals surface area contributed by atoms with Crippen molar-refractivity contribution in [2.45, 2.75) is 0 Å². The highest BCUT2D eigenvalue weighted by molar-refractivity contribution is 6.34. The van der Waals surface area contributed by atoms with E-state index in [9.17, 15) is 4.79 Å². The first-order valence-corrected chi connectivity index (χ1v) is 8.73. The highest BCUT2D eigenvalue weighted by Gasteiger charge is 2.18. The first kappa shape index (κ1) is 26.6. The molecule has 1 aromatic heterocycles. The molecule has 2 aromatic rings. The zero-order valence-corrected chi connectivity index (χ0v) is 18.4. The first-order valence-electron chi connectivity index (χ1n) is 8.35. The molecule has 3 rings (SSSR count). The number of nitrogens with two attached hydrogens (primary N) is 1. The number of rotatable bonds is 5. The number of carbonyl (C=O) groups is 1. The molecule has 156 valence electrons. The molecule has 2 heterocycles. The van der Waals surface area contributed by atoms with Crippen LogP contribution < -0.4 is 16.0 Å². The Bertz CT molecular complexity index is 727. The monoisotopic (exact) mass is 467 g/mol. The van der Waals surface area contributed by atoms with Crippen molar-refractivity contribution in [3.8, 4) is 0 Å². The Kier molecular flexibility index (Phi) is 12.2. The van der Waals surface area contributed by atoms with Gasteiger partial charge < -0.3 is 16.0 Å². The maximum Gasteiger partial charge on any atom is 0.252 e. The number of nitrogens with zero attached hydrogens (tertiary/aromatic N) is 3. The number of anilines is 2. The highest BCUT2D eigenvalue weighted by atomic mass is 35.5. The number of nitrogens with one attached hydrogen (secondary N) is 1. The predicted molar refractivity (Wildman–Crippen MR) is 123 cm³/mol. The number of nitrogen functional groups attached to an aromatic ring is 1. The normalized spacial score (nSPS) is 13.5. The van der Waals surface area contributed by atoms with Crippen molar-refractivity contribution < 1.29 is 4.79 Å². The lowest BCUT2D eigenvalue weighted by Gasteiger charge is -2.35. The topological polar surface area (TPSA) is 74.5 Å². The number of hydrogen-bond acceptors (Lipinski definition) is 5. The average Bonchev–Trinajstić information content (AvgIpc) is 2.63. The molecule has 1 saturated heterocycles. The summed E-state index contributed by atoms with van der Waals surface area (Å²) in [4.78, 5) is 21.2. The number of aromatic nitrogens is 1. The molecule has 0 saturated carbocycles. The van der Waals surface area contributed by atoms with Crippen molar-refractivity contribution in [2.75, 3.05) is 49.9 Å². The van der Waals surface area contributed by atoms with E-state index in [1.54, 1.807) is 18.2 Å². The average molecular weight is 469 g/mol. The van der Waals surface area contributed by atoms with Crippen molar-refractivity contribution in [3.05, 3.63) is 53.2 Å². The number of hydrogen-bond donors (Lipinski definition) is 2. The van der Waals surface area contributed by atoms with E-state index in [4.69, 9.17) is 17.3 Å². The summed E-state index contributed by atoms with van der Waals surface area (Å²) in [6, 6.07) is 10.9. The van der Waals surface area contributed by atoms with Gasteiger partial charge in [0.1, 0.15) is 5.82 Å². The fourth-order valence-corrected chi connectivity index (χ4v) is 3.15. The van der Waals surface area contributed by atoms with Gasteiger partial charge in [-0.1, -0.05) is 17.7 Å². The SMILES string of the molecule is Cl.Cl.Cl.Nc1ccc(C(=O)NCCN2CCN(c3ccccn3)CC2)c(Cl)c1. The van der Waals surface area contributed by atoms with Crippen molar-refractivity contribution in [1.82, 2.24) is 15.2 Å². The molecular formula is C18H25Cl4N5O. The van der Waals surface area contributed by atoms with Gasteiger partial charge in [0, 0.05) is 51.2 Å². The molecule has 0 atom stereocenters. The second-order valence-electron chi connectivity index (χ2n) is 6.01. The Morgan fingerprint density at radius 1 is 1.11 bits per heavy atom. The first-order chi connectivity index (χ1) is 12.1. The molecule has 1 aliphatic heterocycles. The molecule has 0 spiro atoms. The van der Waals surface area contributed by atoms with Crippen LogP contribution in [0.1, 0.15) is 10.4 Å².